The van der Waals surface area contributed by atoms with Gasteiger partial charge >= 0.3 is 0 Å². The summed E-state index contributed by atoms with van der Waals surface area (Å²) < 4.78 is 7.31. The van der Waals surface area contributed by atoms with Crippen molar-refractivity contribution in [2.45, 2.75) is 12.8 Å². The van der Waals surface area contributed by atoms with Crippen LogP contribution in [0.1, 0.15) is 12.8 Å². The van der Waals surface area contributed by atoms with Crippen LogP contribution in [0.5, 0.6) is 5.75 Å². The monoisotopic (exact) mass is 355 g/mol. The second-order valence-electron chi connectivity index (χ2n) is 5.90. The first-order valence-corrected chi connectivity index (χ1v) is 8.49. The third kappa shape index (κ3) is 2.78. The van der Waals surface area contributed by atoms with E-state index in [1.807, 2.05) is 24.3 Å². The topological polar surface area (TPSA) is 76.0 Å². The van der Waals surface area contributed by atoms with E-state index in [4.69, 9.17) is 17.0 Å². The molecule has 4 rings (SSSR count). The number of H-pyrrole nitrogens is 1. The maximum atomic E-state index is 12.6. The zero-order valence-corrected chi connectivity index (χ0v) is 14.5. The van der Waals surface area contributed by atoms with Crippen LogP contribution < -0.4 is 15.2 Å². The molecule has 3 aromatic rings. The number of aromatic amines is 1. The number of ether oxygens (including phenoxy) is 1. The van der Waals surface area contributed by atoms with Gasteiger partial charge in [0.05, 0.1) is 12.8 Å². The molecule has 0 radical (unpaired) electrons. The van der Waals surface area contributed by atoms with Crippen molar-refractivity contribution >= 4 is 29.2 Å². The van der Waals surface area contributed by atoms with E-state index in [1.54, 1.807) is 18.0 Å². The average Bonchev–Trinajstić information content (AvgIpc) is 3.16. The third-order valence-electron chi connectivity index (χ3n) is 4.35. The Balaban J connectivity index is 1.88. The van der Waals surface area contributed by atoms with Gasteiger partial charge in [-0.25, -0.2) is 4.98 Å². The lowest BCUT2D eigenvalue weighted by atomic mass is 10.3. The molecule has 1 aromatic carbocycles. The first-order valence-electron chi connectivity index (χ1n) is 8.08. The van der Waals surface area contributed by atoms with Crippen LogP contribution in [0.2, 0.25) is 0 Å². The number of anilines is 1. The van der Waals surface area contributed by atoms with Gasteiger partial charge in [-0.05, 0) is 25.0 Å². The number of rotatable bonds is 3. The molecule has 2 aromatic heterocycles. The molecule has 0 saturated carbocycles. The summed E-state index contributed by atoms with van der Waals surface area (Å²) in [6, 6.07) is 7.42. The normalized spacial score (nSPS) is 14.2. The van der Waals surface area contributed by atoms with E-state index in [2.05, 4.69) is 19.9 Å². The molecular weight excluding hydrogens is 338 g/mol. The first kappa shape index (κ1) is 15.8. The van der Waals surface area contributed by atoms with Crippen molar-refractivity contribution in [1.82, 2.24) is 19.5 Å². The van der Waals surface area contributed by atoms with E-state index < -0.39 is 0 Å². The fourth-order valence-electron chi connectivity index (χ4n) is 3.04. The Morgan fingerprint density at radius 1 is 1.28 bits per heavy atom. The summed E-state index contributed by atoms with van der Waals surface area (Å²) in [5.41, 5.74) is 0.887. The van der Waals surface area contributed by atoms with Gasteiger partial charge in [0.25, 0.3) is 5.56 Å². The number of hydrogen-bond donors (Lipinski definition) is 1. The summed E-state index contributed by atoms with van der Waals surface area (Å²) in [7, 11) is 1.60. The summed E-state index contributed by atoms with van der Waals surface area (Å²) in [4.78, 5) is 26.4. The number of nitrogens with one attached hydrogen (secondary N) is 1. The maximum Gasteiger partial charge on any atom is 0.264 e. The van der Waals surface area contributed by atoms with Crippen LogP contribution in [-0.2, 0) is 0 Å². The SMILES string of the molecule is COc1cccc(-n2cnc3nc(N4CCCC4)[nH]c(=O)c3c2=S)c1. The number of methoxy groups -OCH3 is 1. The van der Waals surface area contributed by atoms with Crippen LogP contribution in [0.25, 0.3) is 16.7 Å². The minimum absolute atomic E-state index is 0.262. The summed E-state index contributed by atoms with van der Waals surface area (Å²) >= 11 is 5.53. The Bertz CT molecular complexity index is 1050. The first-order chi connectivity index (χ1) is 12.2. The number of nitrogens with zero attached hydrogens (tertiary/aromatic N) is 4. The molecule has 1 saturated heterocycles. The molecule has 1 aliphatic rings. The lowest BCUT2D eigenvalue weighted by Crippen LogP contribution is -2.24. The highest BCUT2D eigenvalue weighted by Gasteiger charge is 2.17. The standard InChI is InChI=1S/C17H17N5O2S/c1-24-12-6-4-5-11(9-12)22-10-18-14-13(16(22)25)15(23)20-17(19-14)21-7-2-3-8-21/h4-6,9-10H,2-3,7-8H2,1H3,(H,19,20,23). The minimum atomic E-state index is -0.262. The van der Waals surface area contributed by atoms with Crippen molar-refractivity contribution in [3.63, 3.8) is 0 Å². The molecule has 7 nitrogen and oxygen atoms in total. The molecule has 128 valence electrons. The van der Waals surface area contributed by atoms with E-state index in [0.29, 0.717) is 27.4 Å². The average molecular weight is 355 g/mol. The van der Waals surface area contributed by atoms with Crippen molar-refractivity contribution in [3.05, 3.63) is 45.6 Å². The molecule has 0 amide bonds. The van der Waals surface area contributed by atoms with Gasteiger partial charge in [0.2, 0.25) is 5.95 Å². The van der Waals surface area contributed by atoms with Gasteiger partial charge in [-0.3, -0.25) is 14.3 Å². The smallest absolute Gasteiger partial charge is 0.264 e. The van der Waals surface area contributed by atoms with Gasteiger partial charge in [0.1, 0.15) is 22.1 Å². The molecule has 1 N–H and O–H groups in total. The summed E-state index contributed by atoms with van der Waals surface area (Å²) in [5, 5.41) is 0.322. The van der Waals surface area contributed by atoms with Crippen LogP contribution in [0.15, 0.2) is 35.4 Å². The van der Waals surface area contributed by atoms with E-state index in [1.165, 1.54) is 0 Å². The molecule has 1 fully saturated rings. The second-order valence-corrected chi connectivity index (χ2v) is 6.29. The zero-order chi connectivity index (χ0) is 17.4. The van der Waals surface area contributed by atoms with E-state index in [9.17, 15) is 4.79 Å². The third-order valence-corrected chi connectivity index (χ3v) is 4.75. The number of hydrogen-bond acceptors (Lipinski definition) is 6. The molecule has 0 spiro atoms. The Labute approximate surface area is 148 Å². The van der Waals surface area contributed by atoms with Crippen molar-refractivity contribution in [2.75, 3.05) is 25.1 Å². The Morgan fingerprint density at radius 3 is 2.84 bits per heavy atom. The quantitative estimate of drug-likeness (QED) is 0.728. The number of benzene rings is 1. The molecular formula is C17H17N5O2S. The van der Waals surface area contributed by atoms with Gasteiger partial charge in [0.15, 0.2) is 5.65 Å². The Morgan fingerprint density at radius 2 is 2.08 bits per heavy atom. The van der Waals surface area contributed by atoms with E-state index in [0.717, 1.165) is 31.6 Å². The maximum absolute atomic E-state index is 12.6. The lowest BCUT2D eigenvalue weighted by Gasteiger charge is -2.16. The van der Waals surface area contributed by atoms with Gasteiger partial charge in [-0.1, -0.05) is 18.3 Å². The van der Waals surface area contributed by atoms with Crippen molar-refractivity contribution < 1.29 is 4.74 Å². The molecule has 25 heavy (non-hydrogen) atoms. The Hall–Kier alpha value is -2.74. The van der Waals surface area contributed by atoms with Gasteiger partial charge in [-0.15, -0.1) is 0 Å². The molecule has 3 heterocycles. The van der Waals surface area contributed by atoms with E-state index in [-0.39, 0.29) is 5.56 Å². The fourth-order valence-corrected chi connectivity index (χ4v) is 3.38. The highest BCUT2D eigenvalue weighted by Crippen LogP contribution is 2.20. The van der Waals surface area contributed by atoms with Crippen molar-refractivity contribution in [1.29, 1.82) is 0 Å². The molecule has 1 aliphatic heterocycles. The number of fused-ring (bicyclic) bond motifs is 1. The van der Waals surface area contributed by atoms with Gasteiger partial charge in [0, 0.05) is 19.2 Å². The van der Waals surface area contributed by atoms with Crippen LogP contribution in [-0.4, -0.2) is 39.7 Å². The molecule has 8 heteroatoms. The Kier molecular flexibility index (Phi) is 3.96. The van der Waals surface area contributed by atoms with Crippen LogP contribution in [0.3, 0.4) is 0 Å². The van der Waals surface area contributed by atoms with E-state index >= 15 is 0 Å². The molecule has 0 unspecified atom stereocenters. The highest BCUT2D eigenvalue weighted by molar-refractivity contribution is 7.71. The summed E-state index contributed by atoms with van der Waals surface area (Å²) in [6.45, 7) is 1.79. The fraction of sp³-hybridized carbons (Fsp3) is 0.294. The molecule has 0 atom stereocenters. The second kappa shape index (κ2) is 6.29. The van der Waals surface area contributed by atoms with Crippen molar-refractivity contribution in [3.8, 4) is 11.4 Å². The largest absolute Gasteiger partial charge is 0.497 e. The summed E-state index contributed by atoms with van der Waals surface area (Å²) in [5.74, 6) is 1.27. The van der Waals surface area contributed by atoms with Gasteiger partial charge in [-0.2, -0.15) is 4.98 Å². The van der Waals surface area contributed by atoms with Crippen LogP contribution in [0.4, 0.5) is 5.95 Å². The molecule has 0 aliphatic carbocycles. The highest BCUT2D eigenvalue weighted by atomic mass is 32.1. The van der Waals surface area contributed by atoms with Crippen LogP contribution >= 0.6 is 12.2 Å². The van der Waals surface area contributed by atoms with Gasteiger partial charge < -0.3 is 9.64 Å². The van der Waals surface area contributed by atoms with Crippen molar-refractivity contribution in [2.24, 2.45) is 0 Å². The predicted molar refractivity (Wildman–Crippen MR) is 98.3 cm³/mol. The number of aromatic nitrogens is 4. The summed E-state index contributed by atoms with van der Waals surface area (Å²) in [6.07, 6.45) is 3.80. The zero-order valence-electron chi connectivity index (χ0n) is 13.7. The predicted octanol–water partition coefficient (Wildman–Crippen LogP) is 2.45. The minimum Gasteiger partial charge on any atom is -0.497 e. The molecule has 0 bridgehead atoms. The lowest BCUT2D eigenvalue weighted by molar-refractivity contribution is 0.414. The van der Waals surface area contributed by atoms with Crippen LogP contribution in [0, 0.1) is 4.64 Å².